The molecule has 0 aliphatic carbocycles. The van der Waals surface area contributed by atoms with E-state index in [0.717, 1.165) is 15.6 Å². The third-order valence-electron chi connectivity index (χ3n) is 3.50. The number of halogens is 1. The molecule has 1 atom stereocenters. The summed E-state index contributed by atoms with van der Waals surface area (Å²) in [6, 6.07) is 16.4. The molecule has 0 heterocycles. The maximum atomic E-state index is 10.3. The van der Waals surface area contributed by atoms with Crippen LogP contribution in [0.25, 0.3) is 0 Å². The van der Waals surface area contributed by atoms with Crippen LogP contribution >= 0.6 is 15.9 Å². The fourth-order valence-corrected chi connectivity index (χ4v) is 2.43. The molecular formula is C18H21BrO. The monoisotopic (exact) mass is 332 g/mol. The Labute approximate surface area is 129 Å². The molecule has 0 aromatic heterocycles. The van der Waals surface area contributed by atoms with Crippen LogP contribution in [0.3, 0.4) is 0 Å². The van der Waals surface area contributed by atoms with Crippen LogP contribution in [0.15, 0.2) is 53.0 Å². The molecule has 0 bridgehead atoms. The second-order valence-corrected chi connectivity index (χ2v) is 7.13. The predicted octanol–water partition coefficient (Wildman–Crippen LogP) is 5.02. The topological polar surface area (TPSA) is 20.2 Å². The van der Waals surface area contributed by atoms with Crippen LogP contribution in [0.1, 0.15) is 43.6 Å². The van der Waals surface area contributed by atoms with Gasteiger partial charge in [-0.3, -0.25) is 0 Å². The molecule has 0 saturated heterocycles. The predicted molar refractivity (Wildman–Crippen MR) is 87.9 cm³/mol. The van der Waals surface area contributed by atoms with Gasteiger partial charge in [-0.25, -0.2) is 0 Å². The zero-order valence-corrected chi connectivity index (χ0v) is 13.8. The first-order chi connectivity index (χ1) is 9.36. The van der Waals surface area contributed by atoms with Gasteiger partial charge >= 0.3 is 0 Å². The molecule has 0 spiro atoms. The third kappa shape index (κ3) is 3.94. The number of aliphatic hydroxyl groups is 1. The van der Waals surface area contributed by atoms with Gasteiger partial charge in [-0.2, -0.15) is 0 Å². The van der Waals surface area contributed by atoms with Gasteiger partial charge in [0.15, 0.2) is 0 Å². The van der Waals surface area contributed by atoms with Gasteiger partial charge < -0.3 is 5.11 Å². The zero-order valence-electron chi connectivity index (χ0n) is 12.2. The summed E-state index contributed by atoms with van der Waals surface area (Å²) in [6.07, 6.45) is 0.190. The molecular weight excluding hydrogens is 312 g/mol. The molecule has 2 aromatic carbocycles. The minimum atomic E-state index is -0.455. The Kier molecular flexibility index (Phi) is 4.66. The largest absolute Gasteiger partial charge is 0.388 e. The lowest BCUT2D eigenvalue weighted by Crippen LogP contribution is -2.11. The van der Waals surface area contributed by atoms with Crippen molar-refractivity contribution in [1.82, 2.24) is 0 Å². The second kappa shape index (κ2) is 6.11. The minimum absolute atomic E-state index is 0.169. The summed E-state index contributed by atoms with van der Waals surface area (Å²) in [7, 11) is 0. The Morgan fingerprint density at radius 3 is 2.00 bits per heavy atom. The summed E-state index contributed by atoms with van der Waals surface area (Å²) in [4.78, 5) is 0. The average Bonchev–Trinajstić information content (AvgIpc) is 2.39. The van der Waals surface area contributed by atoms with Crippen molar-refractivity contribution in [2.24, 2.45) is 0 Å². The molecule has 1 unspecified atom stereocenters. The normalized spacial score (nSPS) is 13.2. The highest BCUT2D eigenvalue weighted by molar-refractivity contribution is 9.10. The van der Waals surface area contributed by atoms with Crippen LogP contribution in [0, 0.1) is 0 Å². The molecule has 1 nitrogen and oxygen atoms in total. The van der Waals surface area contributed by atoms with Crippen LogP contribution in [0.2, 0.25) is 0 Å². The molecule has 0 aliphatic heterocycles. The summed E-state index contributed by atoms with van der Waals surface area (Å²) < 4.78 is 1.03. The Bertz CT molecular complexity index is 549. The molecule has 20 heavy (non-hydrogen) atoms. The van der Waals surface area contributed by atoms with Crippen molar-refractivity contribution >= 4 is 15.9 Å². The minimum Gasteiger partial charge on any atom is -0.388 e. The van der Waals surface area contributed by atoms with Gasteiger partial charge in [-0.15, -0.1) is 0 Å². The van der Waals surface area contributed by atoms with Gasteiger partial charge in [0.05, 0.1) is 6.10 Å². The molecule has 0 radical (unpaired) electrons. The lowest BCUT2D eigenvalue weighted by molar-refractivity contribution is 0.178. The third-order valence-corrected chi connectivity index (χ3v) is 4.03. The van der Waals surface area contributed by atoms with Gasteiger partial charge in [0.1, 0.15) is 0 Å². The van der Waals surface area contributed by atoms with Crippen molar-refractivity contribution in [2.45, 2.75) is 38.7 Å². The molecule has 0 saturated carbocycles. The molecule has 0 fully saturated rings. The summed E-state index contributed by atoms with van der Waals surface area (Å²) in [5.41, 5.74) is 3.60. The maximum absolute atomic E-state index is 10.3. The van der Waals surface area contributed by atoms with Crippen molar-refractivity contribution in [3.05, 3.63) is 69.7 Å². The molecule has 1 N–H and O–H groups in total. The lowest BCUT2D eigenvalue weighted by atomic mass is 9.86. The Balaban J connectivity index is 2.08. The molecule has 0 aliphatic rings. The SMILES string of the molecule is CC(C)(C)c1ccc(CC(O)c2ccc(Br)cc2)cc1. The smallest absolute Gasteiger partial charge is 0.0830 e. The highest BCUT2D eigenvalue weighted by atomic mass is 79.9. The molecule has 106 valence electrons. The summed E-state index contributed by atoms with van der Waals surface area (Å²) >= 11 is 3.41. The van der Waals surface area contributed by atoms with Crippen LogP contribution in [-0.4, -0.2) is 5.11 Å². The highest BCUT2D eigenvalue weighted by Gasteiger charge is 2.14. The number of aliphatic hydroxyl groups excluding tert-OH is 1. The van der Waals surface area contributed by atoms with E-state index < -0.39 is 6.10 Å². The average molecular weight is 333 g/mol. The number of benzene rings is 2. The second-order valence-electron chi connectivity index (χ2n) is 6.22. The van der Waals surface area contributed by atoms with Gasteiger partial charge in [0.2, 0.25) is 0 Å². The van der Waals surface area contributed by atoms with E-state index in [9.17, 15) is 5.11 Å². The van der Waals surface area contributed by atoms with E-state index >= 15 is 0 Å². The van der Waals surface area contributed by atoms with Crippen LogP contribution in [0.5, 0.6) is 0 Å². The Morgan fingerprint density at radius 1 is 0.950 bits per heavy atom. The van der Waals surface area contributed by atoms with E-state index in [1.807, 2.05) is 24.3 Å². The highest BCUT2D eigenvalue weighted by Crippen LogP contribution is 2.24. The quantitative estimate of drug-likeness (QED) is 0.836. The number of rotatable bonds is 3. The zero-order chi connectivity index (χ0) is 14.8. The van der Waals surface area contributed by atoms with Crippen LogP contribution < -0.4 is 0 Å². The van der Waals surface area contributed by atoms with Crippen molar-refractivity contribution in [2.75, 3.05) is 0 Å². The lowest BCUT2D eigenvalue weighted by Gasteiger charge is -2.19. The summed E-state index contributed by atoms with van der Waals surface area (Å²) in [6.45, 7) is 6.62. The van der Waals surface area contributed by atoms with E-state index in [4.69, 9.17) is 0 Å². The molecule has 2 aromatic rings. The molecule has 2 rings (SSSR count). The van der Waals surface area contributed by atoms with Crippen molar-refractivity contribution in [3.8, 4) is 0 Å². The standard InChI is InChI=1S/C18H21BrO/c1-18(2,3)15-8-4-13(5-9-15)12-17(20)14-6-10-16(19)11-7-14/h4-11,17,20H,12H2,1-3H3. The van der Waals surface area contributed by atoms with Crippen molar-refractivity contribution in [1.29, 1.82) is 0 Å². The van der Waals surface area contributed by atoms with Gasteiger partial charge in [-0.1, -0.05) is 73.1 Å². The van der Waals surface area contributed by atoms with E-state index in [2.05, 4.69) is 61.0 Å². The van der Waals surface area contributed by atoms with Gasteiger partial charge in [0.25, 0.3) is 0 Å². The van der Waals surface area contributed by atoms with Crippen molar-refractivity contribution in [3.63, 3.8) is 0 Å². The van der Waals surface area contributed by atoms with Crippen molar-refractivity contribution < 1.29 is 5.11 Å². The van der Waals surface area contributed by atoms with Gasteiger partial charge in [0, 0.05) is 10.9 Å². The number of hydrogen-bond acceptors (Lipinski definition) is 1. The first-order valence-corrected chi connectivity index (χ1v) is 7.68. The fraction of sp³-hybridized carbons (Fsp3) is 0.333. The van der Waals surface area contributed by atoms with E-state index in [-0.39, 0.29) is 5.41 Å². The van der Waals surface area contributed by atoms with E-state index in [0.29, 0.717) is 6.42 Å². The van der Waals surface area contributed by atoms with E-state index in [1.165, 1.54) is 5.56 Å². The summed E-state index contributed by atoms with van der Waals surface area (Å²) in [5, 5.41) is 10.3. The fourth-order valence-electron chi connectivity index (χ4n) is 2.17. The first kappa shape index (κ1) is 15.3. The van der Waals surface area contributed by atoms with Gasteiger partial charge in [-0.05, 0) is 34.2 Å². The molecule has 2 heteroatoms. The first-order valence-electron chi connectivity index (χ1n) is 6.89. The summed E-state index contributed by atoms with van der Waals surface area (Å²) in [5.74, 6) is 0. The van der Waals surface area contributed by atoms with Crippen LogP contribution in [0.4, 0.5) is 0 Å². The maximum Gasteiger partial charge on any atom is 0.0830 e. The van der Waals surface area contributed by atoms with Crippen LogP contribution in [-0.2, 0) is 11.8 Å². The van der Waals surface area contributed by atoms with E-state index in [1.54, 1.807) is 0 Å². The Hall–Kier alpha value is -1.12. The molecule has 0 amide bonds. The number of hydrogen-bond donors (Lipinski definition) is 1. The Morgan fingerprint density at radius 2 is 1.50 bits per heavy atom.